The van der Waals surface area contributed by atoms with Crippen molar-refractivity contribution in [3.63, 3.8) is 0 Å². The summed E-state index contributed by atoms with van der Waals surface area (Å²) in [6.45, 7) is 4.04. The van der Waals surface area contributed by atoms with E-state index in [0.717, 1.165) is 37.0 Å². The highest BCUT2D eigenvalue weighted by atomic mass is 16.5. The van der Waals surface area contributed by atoms with Gasteiger partial charge in [0.1, 0.15) is 18.8 Å². The van der Waals surface area contributed by atoms with Crippen molar-refractivity contribution >= 4 is 18.0 Å². The van der Waals surface area contributed by atoms with Crippen molar-refractivity contribution in [2.45, 2.75) is 44.6 Å². The molecule has 6 heteroatoms. The van der Waals surface area contributed by atoms with Crippen molar-refractivity contribution in [3.8, 4) is 5.75 Å². The van der Waals surface area contributed by atoms with Crippen molar-refractivity contribution in [3.05, 3.63) is 42.5 Å². The highest BCUT2D eigenvalue weighted by molar-refractivity contribution is 5.97. The van der Waals surface area contributed by atoms with E-state index in [2.05, 4.69) is 22.4 Å². The third kappa shape index (κ3) is 7.20. The van der Waals surface area contributed by atoms with E-state index in [1.165, 1.54) is 12.6 Å². The predicted octanol–water partition coefficient (Wildman–Crippen LogP) is 2.54. The van der Waals surface area contributed by atoms with Crippen molar-refractivity contribution < 1.29 is 14.3 Å². The molecule has 2 rings (SSSR count). The van der Waals surface area contributed by atoms with E-state index >= 15 is 0 Å². The summed E-state index contributed by atoms with van der Waals surface area (Å²) >= 11 is 0. The Labute approximate surface area is 148 Å². The summed E-state index contributed by atoms with van der Waals surface area (Å²) in [7, 11) is 0. The minimum Gasteiger partial charge on any atom is -0.490 e. The first kappa shape index (κ1) is 18.7. The molecule has 2 amide bonds. The highest BCUT2D eigenvalue weighted by Gasteiger charge is 2.17. The molecule has 0 radical (unpaired) electrons. The van der Waals surface area contributed by atoms with Crippen molar-refractivity contribution in [2.24, 2.45) is 5.10 Å². The van der Waals surface area contributed by atoms with E-state index in [1.54, 1.807) is 6.08 Å². The standard InChI is InChI=1S/C19H25N3O3/c1-2-12-25-17-10-8-15(9-11-17)14-20-22-19(24)13-18(23)21-16-6-4-3-5-7-16/h2,8-11,14,16H,1,3-7,12-13H2,(H,21,23)(H,22,24)/b20-14-. The maximum Gasteiger partial charge on any atom is 0.249 e. The third-order valence-corrected chi connectivity index (χ3v) is 3.94. The Bertz CT molecular complexity index is 605. The number of nitrogens with zero attached hydrogens (tertiary/aromatic N) is 1. The fourth-order valence-corrected chi connectivity index (χ4v) is 2.70. The van der Waals surface area contributed by atoms with E-state index in [4.69, 9.17) is 4.74 Å². The molecular weight excluding hydrogens is 318 g/mol. The minimum atomic E-state index is -0.421. The number of hydrogen-bond donors (Lipinski definition) is 2. The molecule has 134 valence electrons. The van der Waals surface area contributed by atoms with Gasteiger partial charge in [-0.25, -0.2) is 5.43 Å². The van der Waals surface area contributed by atoms with Crippen LogP contribution in [0.1, 0.15) is 44.1 Å². The quantitative estimate of drug-likeness (QED) is 0.329. The van der Waals surface area contributed by atoms with Crippen LogP contribution >= 0.6 is 0 Å². The molecule has 1 aromatic carbocycles. The summed E-state index contributed by atoms with van der Waals surface area (Å²) in [5.74, 6) is 0.0688. The van der Waals surface area contributed by atoms with Crippen LogP contribution in [0.15, 0.2) is 42.0 Å². The lowest BCUT2D eigenvalue weighted by Gasteiger charge is -2.22. The van der Waals surface area contributed by atoms with Gasteiger partial charge in [-0.2, -0.15) is 5.10 Å². The second kappa shape index (κ2) is 10.3. The van der Waals surface area contributed by atoms with Gasteiger partial charge in [0.05, 0.1) is 6.21 Å². The molecule has 1 aliphatic carbocycles. The summed E-state index contributed by atoms with van der Waals surface area (Å²) in [6.07, 6.45) is 8.49. The number of rotatable bonds is 8. The van der Waals surface area contributed by atoms with Crippen molar-refractivity contribution in [1.82, 2.24) is 10.7 Å². The van der Waals surface area contributed by atoms with E-state index in [9.17, 15) is 9.59 Å². The summed E-state index contributed by atoms with van der Waals surface area (Å²) in [4.78, 5) is 23.6. The van der Waals surface area contributed by atoms with Crippen LogP contribution in [0.25, 0.3) is 0 Å². The number of amides is 2. The van der Waals surface area contributed by atoms with Crippen LogP contribution in [0.2, 0.25) is 0 Å². The zero-order valence-electron chi connectivity index (χ0n) is 14.4. The lowest BCUT2D eigenvalue weighted by atomic mass is 9.95. The summed E-state index contributed by atoms with van der Waals surface area (Å²) in [6, 6.07) is 7.47. The number of hydrogen-bond acceptors (Lipinski definition) is 4. The zero-order chi connectivity index (χ0) is 17.9. The predicted molar refractivity (Wildman–Crippen MR) is 97.5 cm³/mol. The first-order valence-electron chi connectivity index (χ1n) is 8.62. The lowest BCUT2D eigenvalue weighted by molar-refractivity contribution is -0.129. The van der Waals surface area contributed by atoms with Gasteiger partial charge in [-0.05, 0) is 42.7 Å². The molecule has 0 atom stereocenters. The Hall–Kier alpha value is -2.63. The fourth-order valence-electron chi connectivity index (χ4n) is 2.70. The normalized spacial score (nSPS) is 14.9. The van der Waals surface area contributed by atoms with Gasteiger partial charge in [0.15, 0.2) is 0 Å². The number of ether oxygens (including phenoxy) is 1. The smallest absolute Gasteiger partial charge is 0.249 e. The minimum absolute atomic E-state index is 0.206. The molecule has 0 heterocycles. The van der Waals surface area contributed by atoms with Crippen molar-refractivity contribution in [1.29, 1.82) is 0 Å². The summed E-state index contributed by atoms with van der Waals surface area (Å²) < 4.78 is 5.38. The molecule has 1 fully saturated rings. The third-order valence-electron chi connectivity index (χ3n) is 3.94. The van der Waals surface area contributed by atoms with E-state index in [-0.39, 0.29) is 18.4 Å². The number of carbonyl (C=O) groups is 2. The Morgan fingerprint density at radius 3 is 2.56 bits per heavy atom. The van der Waals surface area contributed by atoms with Gasteiger partial charge in [0, 0.05) is 6.04 Å². The molecule has 1 saturated carbocycles. The van der Waals surface area contributed by atoms with Gasteiger partial charge in [0.2, 0.25) is 11.8 Å². The molecule has 6 nitrogen and oxygen atoms in total. The van der Waals surface area contributed by atoms with Crippen LogP contribution in [-0.4, -0.2) is 30.7 Å². The molecule has 2 N–H and O–H groups in total. The summed E-state index contributed by atoms with van der Waals surface area (Å²) in [5, 5.41) is 6.78. The maximum absolute atomic E-state index is 11.8. The highest BCUT2D eigenvalue weighted by Crippen LogP contribution is 2.17. The summed E-state index contributed by atoms with van der Waals surface area (Å²) in [5.41, 5.74) is 3.19. The van der Waals surface area contributed by atoms with Gasteiger partial charge in [-0.15, -0.1) is 0 Å². The molecule has 0 saturated heterocycles. The van der Waals surface area contributed by atoms with E-state index in [1.807, 2.05) is 24.3 Å². The van der Waals surface area contributed by atoms with E-state index in [0.29, 0.717) is 6.61 Å². The molecule has 0 spiro atoms. The Morgan fingerprint density at radius 2 is 1.88 bits per heavy atom. The van der Waals surface area contributed by atoms with Crippen LogP contribution in [0.4, 0.5) is 0 Å². The van der Waals surface area contributed by atoms with Crippen molar-refractivity contribution in [2.75, 3.05) is 6.61 Å². The van der Waals surface area contributed by atoms with Crippen LogP contribution in [0.5, 0.6) is 5.75 Å². The Kier molecular flexibility index (Phi) is 7.69. The number of carbonyl (C=O) groups excluding carboxylic acids is 2. The van der Waals surface area contributed by atoms with Gasteiger partial charge >= 0.3 is 0 Å². The van der Waals surface area contributed by atoms with Crippen LogP contribution in [0.3, 0.4) is 0 Å². The lowest BCUT2D eigenvalue weighted by Crippen LogP contribution is -2.38. The first-order valence-corrected chi connectivity index (χ1v) is 8.62. The SMILES string of the molecule is C=CCOc1ccc(/C=N\NC(=O)CC(=O)NC2CCCCC2)cc1. The average molecular weight is 343 g/mol. The van der Waals surface area contributed by atoms with Crippen LogP contribution in [-0.2, 0) is 9.59 Å². The zero-order valence-corrected chi connectivity index (χ0v) is 14.4. The molecule has 0 aromatic heterocycles. The first-order chi connectivity index (χ1) is 12.2. The number of benzene rings is 1. The second-order valence-corrected chi connectivity index (χ2v) is 6.04. The molecular formula is C19H25N3O3. The largest absolute Gasteiger partial charge is 0.490 e. The monoisotopic (exact) mass is 343 g/mol. The van der Waals surface area contributed by atoms with Gasteiger partial charge in [-0.3, -0.25) is 9.59 Å². The second-order valence-electron chi connectivity index (χ2n) is 6.04. The topological polar surface area (TPSA) is 79.8 Å². The van der Waals surface area contributed by atoms with E-state index < -0.39 is 5.91 Å². The molecule has 25 heavy (non-hydrogen) atoms. The maximum atomic E-state index is 11.8. The number of nitrogens with one attached hydrogen (secondary N) is 2. The molecule has 1 aromatic rings. The molecule has 1 aliphatic rings. The fraction of sp³-hybridized carbons (Fsp3) is 0.421. The Balaban J connectivity index is 1.70. The Morgan fingerprint density at radius 1 is 1.16 bits per heavy atom. The molecule has 0 aliphatic heterocycles. The van der Waals surface area contributed by atoms with Crippen LogP contribution < -0.4 is 15.5 Å². The van der Waals surface area contributed by atoms with Gasteiger partial charge in [-0.1, -0.05) is 31.9 Å². The van der Waals surface area contributed by atoms with Gasteiger partial charge < -0.3 is 10.1 Å². The van der Waals surface area contributed by atoms with Gasteiger partial charge in [0.25, 0.3) is 0 Å². The number of hydrazone groups is 1. The molecule has 0 unspecified atom stereocenters. The van der Waals surface area contributed by atoms with Crippen LogP contribution in [0, 0.1) is 0 Å². The average Bonchev–Trinajstić information content (AvgIpc) is 2.61. The molecule has 0 bridgehead atoms.